The molecule has 3 atom stereocenters. The zero-order valence-corrected chi connectivity index (χ0v) is 15.5. The molecule has 4 heteroatoms. The zero-order valence-electron chi connectivity index (χ0n) is 15.5. The lowest BCUT2D eigenvalue weighted by molar-refractivity contribution is 0.176. The predicted molar refractivity (Wildman–Crippen MR) is 104 cm³/mol. The minimum atomic E-state index is -0.214. The molecule has 0 radical (unpaired) electrons. The van der Waals surface area contributed by atoms with Gasteiger partial charge in [-0.1, -0.05) is 31.2 Å². The van der Waals surface area contributed by atoms with Gasteiger partial charge >= 0.3 is 0 Å². The highest BCUT2D eigenvalue weighted by Crippen LogP contribution is 2.55. The molecule has 1 heterocycles. The van der Waals surface area contributed by atoms with Crippen molar-refractivity contribution < 1.29 is 20.1 Å². The fourth-order valence-electron chi connectivity index (χ4n) is 4.57. The van der Waals surface area contributed by atoms with Gasteiger partial charge in [0.25, 0.3) is 0 Å². The van der Waals surface area contributed by atoms with Crippen molar-refractivity contribution in [3.05, 3.63) is 77.1 Å². The van der Waals surface area contributed by atoms with Gasteiger partial charge in [-0.2, -0.15) is 0 Å². The van der Waals surface area contributed by atoms with Crippen molar-refractivity contribution >= 4 is 0 Å². The number of aliphatic hydroxyl groups is 1. The van der Waals surface area contributed by atoms with Gasteiger partial charge < -0.3 is 20.1 Å². The molecule has 1 aliphatic heterocycles. The van der Waals surface area contributed by atoms with Crippen molar-refractivity contribution in [2.75, 3.05) is 6.61 Å². The van der Waals surface area contributed by atoms with Crippen LogP contribution in [-0.2, 0) is 0 Å². The maximum absolute atomic E-state index is 10.1. The second-order valence-corrected chi connectivity index (χ2v) is 7.89. The van der Waals surface area contributed by atoms with Gasteiger partial charge in [-0.15, -0.1) is 0 Å². The Hall–Kier alpha value is -2.88. The van der Waals surface area contributed by atoms with Crippen LogP contribution in [0.4, 0.5) is 0 Å². The Morgan fingerprint density at radius 1 is 1.00 bits per heavy atom. The monoisotopic (exact) mass is 364 g/mol. The SMILES string of the molecule is CC1=C(O)C=CC(C)([C@H]2c3ccc(O)cc3OC[C@H]2c2ccc(O)cc2)C1. The highest BCUT2D eigenvalue weighted by atomic mass is 16.5. The number of hydrogen-bond acceptors (Lipinski definition) is 4. The average Bonchev–Trinajstić information content (AvgIpc) is 2.65. The molecule has 0 fully saturated rings. The number of hydrogen-bond donors (Lipinski definition) is 3. The molecule has 4 nitrogen and oxygen atoms in total. The van der Waals surface area contributed by atoms with Crippen LogP contribution < -0.4 is 4.74 Å². The third-order valence-electron chi connectivity index (χ3n) is 5.89. The number of rotatable bonds is 2. The largest absolute Gasteiger partial charge is 0.508 e. The van der Waals surface area contributed by atoms with Gasteiger partial charge in [0.15, 0.2) is 0 Å². The topological polar surface area (TPSA) is 69.9 Å². The molecule has 0 spiro atoms. The first-order chi connectivity index (χ1) is 12.9. The van der Waals surface area contributed by atoms with Gasteiger partial charge in [-0.05, 0) is 59.7 Å². The molecule has 4 rings (SSSR count). The van der Waals surface area contributed by atoms with Gasteiger partial charge in [0.05, 0.1) is 6.61 Å². The maximum Gasteiger partial charge on any atom is 0.126 e. The Balaban J connectivity index is 1.84. The van der Waals surface area contributed by atoms with E-state index in [0.29, 0.717) is 18.1 Å². The van der Waals surface area contributed by atoms with E-state index in [1.807, 2.05) is 25.1 Å². The number of ether oxygens (including phenoxy) is 1. The fraction of sp³-hybridized carbons (Fsp3) is 0.304. The zero-order chi connectivity index (χ0) is 19.2. The van der Waals surface area contributed by atoms with E-state index in [4.69, 9.17) is 4.74 Å². The first-order valence-corrected chi connectivity index (χ1v) is 9.20. The summed E-state index contributed by atoms with van der Waals surface area (Å²) in [5.74, 6) is 1.67. The third kappa shape index (κ3) is 3.05. The predicted octanol–water partition coefficient (Wildman–Crippen LogP) is 5.16. The molecule has 0 bridgehead atoms. The van der Waals surface area contributed by atoms with Crippen molar-refractivity contribution in [1.82, 2.24) is 0 Å². The summed E-state index contributed by atoms with van der Waals surface area (Å²) in [6.45, 7) is 4.66. The van der Waals surface area contributed by atoms with E-state index in [1.54, 1.807) is 30.3 Å². The maximum atomic E-state index is 10.1. The number of aliphatic hydroxyl groups excluding tert-OH is 1. The summed E-state index contributed by atoms with van der Waals surface area (Å²) in [7, 11) is 0. The second kappa shape index (κ2) is 6.38. The highest BCUT2D eigenvalue weighted by Gasteiger charge is 2.44. The minimum absolute atomic E-state index is 0.0883. The summed E-state index contributed by atoms with van der Waals surface area (Å²) >= 11 is 0. The molecule has 2 aliphatic rings. The molecule has 2 aromatic rings. The van der Waals surface area contributed by atoms with Crippen molar-refractivity contribution in [3.8, 4) is 17.2 Å². The molecule has 3 N–H and O–H groups in total. The average molecular weight is 364 g/mol. The van der Waals surface area contributed by atoms with Gasteiger partial charge in [-0.25, -0.2) is 0 Å². The van der Waals surface area contributed by atoms with Crippen molar-refractivity contribution in [2.45, 2.75) is 32.1 Å². The summed E-state index contributed by atoms with van der Waals surface area (Å²) in [5.41, 5.74) is 2.91. The van der Waals surface area contributed by atoms with E-state index in [-0.39, 0.29) is 28.7 Å². The highest BCUT2D eigenvalue weighted by molar-refractivity contribution is 5.49. The lowest BCUT2D eigenvalue weighted by atomic mass is 9.61. The van der Waals surface area contributed by atoms with Crippen molar-refractivity contribution in [2.24, 2.45) is 5.41 Å². The van der Waals surface area contributed by atoms with Crippen molar-refractivity contribution in [1.29, 1.82) is 0 Å². The minimum Gasteiger partial charge on any atom is -0.508 e. The van der Waals surface area contributed by atoms with Crippen LogP contribution >= 0.6 is 0 Å². The van der Waals surface area contributed by atoms with E-state index in [2.05, 4.69) is 13.0 Å². The van der Waals surface area contributed by atoms with E-state index in [1.165, 1.54) is 0 Å². The number of aromatic hydroxyl groups is 2. The van der Waals surface area contributed by atoms with Crippen LogP contribution in [-0.4, -0.2) is 21.9 Å². The van der Waals surface area contributed by atoms with Crippen LogP contribution in [0.3, 0.4) is 0 Å². The molecule has 0 amide bonds. The standard InChI is InChI=1S/C23H24O4/c1-14-12-23(2,10-9-20(14)26)22-18-8-7-17(25)11-21(18)27-13-19(22)15-3-5-16(24)6-4-15/h3-11,19,22,24-26H,12-13H2,1-2H3/t19-,22-,23?/m0/s1. The van der Waals surface area contributed by atoms with Crippen LogP contribution in [0.5, 0.6) is 17.2 Å². The fourth-order valence-corrected chi connectivity index (χ4v) is 4.57. The van der Waals surface area contributed by atoms with Crippen LogP contribution in [0.1, 0.15) is 43.2 Å². The summed E-state index contributed by atoms with van der Waals surface area (Å²) in [6.07, 6.45) is 4.63. The van der Waals surface area contributed by atoms with E-state index in [0.717, 1.165) is 23.1 Å². The summed E-state index contributed by atoms with van der Waals surface area (Å²) in [5, 5.41) is 29.6. The number of phenolic OH excluding ortho intramolecular Hbond substituents is 2. The van der Waals surface area contributed by atoms with Gasteiger partial charge in [0.2, 0.25) is 0 Å². The molecule has 2 aromatic carbocycles. The van der Waals surface area contributed by atoms with Crippen LogP contribution in [0.25, 0.3) is 0 Å². The molecular formula is C23H24O4. The summed E-state index contributed by atoms with van der Waals surface area (Å²) in [4.78, 5) is 0. The van der Waals surface area contributed by atoms with Crippen LogP contribution in [0.2, 0.25) is 0 Å². The molecule has 0 saturated carbocycles. The van der Waals surface area contributed by atoms with Gasteiger partial charge in [0, 0.05) is 17.9 Å². The third-order valence-corrected chi connectivity index (χ3v) is 5.89. The van der Waals surface area contributed by atoms with E-state index >= 15 is 0 Å². The van der Waals surface area contributed by atoms with Gasteiger partial charge in [0.1, 0.15) is 23.0 Å². The summed E-state index contributed by atoms with van der Waals surface area (Å²) < 4.78 is 6.01. The Morgan fingerprint density at radius 2 is 1.70 bits per heavy atom. The first kappa shape index (κ1) is 17.5. The molecule has 27 heavy (non-hydrogen) atoms. The van der Waals surface area contributed by atoms with Crippen molar-refractivity contribution in [3.63, 3.8) is 0 Å². The quantitative estimate of drug-likeness (QED) is 0.689. The number of fused-ring (bicyclic) bond motifs is 1. The summed E-state index contributed by atoms with van der Waals surface area (Å²) in [6, 6.07) is 12.6. The van der Waals surface area contributed by atoms with Crippen LogP contribution in [0.15, 0.2) is 65.9 Å². The molecule has 0 aromatic heterocycles. The Kier molecular flexibility index (Phi) is 4.14. The van der Waals surface area contributed by atoms with E-state index < -0.39 is 0 Å². The lowest BCUT2D eigenvalue weighted by Crippen LogP contribution is -2.36. The molecule has 1 aliphatic carbocycles. The Bertz CT molecular complexity index is 926. The van der Waals surface area contributed by atoms with Gasteiger partial charge in [-0.3, -0.25) is 0 Å². The second-order valence-electron chi connectivity index (χ2n) is 7.89. The Labute approximate surface area is 159 Å². The number of phenols is 2. The Morgan fingerprint density at radius 3 is 2.41 bits per heavy atom. The molecule has 1 unspecified atom stereocenters. The smallest absolute Gasteiger partial charge is 0.126 e. The van der Waals surface area contributed by atoms with Crippen LogP contribution in [0, 0.1) is 5.41 Å². The normalized spacial score (nSPS) is 27.2. The van der Waals surface area contributed by atoms with E-state index in [9.17, 15) is 15.3 Å². The first-order valence-electron chi connectivity index (χ1n) is 9.20. The lowest BCUT2D eigenvalue weighted by Gasteiger charge is -2.45. The number of benzene rings is 2. The molecular weight excluding hydrogens is 340 g/mol. The number of allylic oxidation sites excluding steroid dienone is 3. The molecule has 0 saturated heterocycles. The molecule has 140 valence electrons.